The number of anilines is 2. The van der Waals surface area contributed by atoms with Crippen LogP contribution in [0.5, 0.6) is 11.5 Å². The van der Waals surface area contributed by atoms with Crippen molar-refractivity contribution >= 4 is 17.3 Å². The molecule has 0 atom stereocenters. The lowest BCUT2D eigenvalue weighted by Gasteiger charge is -2.11. The molecule has 3 aromatic carbocycles. The van der Waals surface area contributed by atoms with E-state index in [9.17, 15) is 4.79 Å². The van der Waals surface area contributed by atoms with Gasteiger partial charge < -0.3 is 20.1 Å². The molecule has 30 heavy (non-hydrogen) atoms. The molecule has 5 heteroatoms. The van der Waals surface area contributed by atoms with Crippen LogP contribution in [0.1, 0.15) is 12.5 Å². The molecule has 0 saturated heterocycles. The van der Waals surface area contributed by atoms with Crippen molar-refractivity contribution in [3.05, 3.63) is 96.6 Å². The summed E-state index contributed by atoms with van der Waals surface area (Å²) in [7, 11) is 0. The minimum atomic E-state index is -0.138. The van der Waals surface area contributed by atoms with Crippen LogP contribution >= 0.6 is 0 Å². The Labute approximate surface area is 177 Å². The minimum absolute atomic E-state index is 0.138. The molecule has 0 heterocycles. The summed E-state index contributed by atoms with van der Waals surface area (Å²) >= 11 is 0. The molecule has 0 radical (unpaired) electrons. The van der Waals surface area contributed by atoms with Crippen LogP contribution in [0.3, 0.4) is 0 Å². The number of benzene rings is 3. The smallest absolute Gasteiger partial charge is 0.243 e. The maximum Gasteiger partial charge on any atom is 0.243 e. The molecule has 0 aliphatic heterocycles. The topological polar surface area (TPSA) is 59.6 Å². The Balaban J connectivity index is 1.44. The average molecular weight is 402 g/mol. The van der Waals surface area contributed by atoms with E-state index >= 15 is 0 Å². The molecule has 0 aliphatic rings. The zero-order chi connectivity index (χ0) is 21.2. The Morgan fingerprint density at radius 2 is 1.63 bits per heavy atom. The fourth-order valence-corrected chi connectivity index (χ4v) is 2.67. The first kappa shape index (κ1) is 21.0. The number of hydrogen-bond acceptors (Lipinski definition) is 4. The lowest BCUT2D eigenvalue weighted by atomic mass is 10.2. The number of ether oxygens (including phenoxy) is 2. The molecule has 0 unspecified atom stereocenters. The molecule has 0 aliphatic carbocycles. The third-order valence-electron chi connectivity index (χ3n) is 4.16. The van der Waals surface area contributed by atoms with E-state index < -0.39 is 0 Å². The molecule has 0 spiro atoms. The lowest BCUT2D eigenvalue weighted by Crippen LogP contribution is -2.21. The Hall–Kier alpha value is -3.73. The van der Waals surface area contributed by atoms with E-state index in [2.05, 4.69) is 17.2 Å². The largest absolute Gasteiger partial charge is 0.489 e. The highest BCUT2D eigenvalue weighted by atomic mass is 16.5. The van der Waals surface area contributed by atoms with Gasteiger partial charge in [-0.1, -0.05) is 43.0 Å². The Bertz CT molecular complexity index is 969. The second kappa shape index (κ2) is 10.7. The van der Waals surface area contributed by atoms with Crippen LogP contribution in [0.15, 0.2) is 91.0 Å². The molecule has 0 saturated carbocycles. The number of rotatable bonds is 10. The van der Waals surface area contributed by atoms with Gasteiger partial charge in [0.1, 0.15) is 24.7 Å². The summed E-state index contributed by atoms with van der Waals surface area (Å²) in [5.41, 5.74) is 3.58. The van der Waals surface area contributed by atoms with Crippen molar-refractivity contribution in [2.75, 3.05) is 23.8 Å². The van der Waals surface area contributed by atoms with Crippen LogP contribution in [0.2, 0.25) is 0 Å². The van der Waals surface area contributed by atoms with Gasteiger partial charge in [0.15, 0.2) is 0 Å². The highest BCUT2D eigenvalue weighted by molar-refractivity contribution is 5.93. The predicted molar refractivity (Wildman–Crippen MR) is 121 cm³/mol. The van der Waals surface area contributed by atoms with Gasteiger partial charge in [0.2, 0.25) is 5.91 Å². The summed E-state index contributed by atoms with van der Waals surface area (Å²) < 4.78 is 11.4. The molecule has 154 valence electrons. The van der Waals surface area contributed by atoms with Gasteiger partial charge in [-0.2, -0.15) is 0 Å². The quantitative estimate of drug-likeness (QED) is 0.454. The van der Waals surface area contributed by atoms with Gasteiger partial charge in [0.05, 0.1) is 6.54 Å². The van der Waals surface area contributed by atoms with Crippen molar-refractivity contribution in [2.45, 2.75) is 13.5 Å². The van der Waals surface area contributed by atoms with Gasteiger partial charge in [0.25, 0.3) is 0 Å². The van der Waals surface area contributed by atoms with Gasteiger partial charge in [-0.15, -0.1) is 0 Å². The van der Waals surface area contributed by atoms with E-state index in [4.69, 9.17) is 9.47 Å². The zero-order valence-electron chi connectivity index (χ0n) is 17.1. The summed E-state index contributed by atoms with van der Waals surface area (Å²) in [6, 6.07) is 24.8. The number of nitrogens with one attached hydrogen (secondary N) is 2. The fourth-order valence-electron chi connectivity index (χ4n) is 2.67. The number of hydrogen-bond donors (Lipinski definition) is 2. The molecule has 3 rings (SSSR count). The van der Waals surface area contributed by atoms with Crippen molar-refractivity contribution in [1.29, 1.82) is 0 Å². The minimum Gasteiger partial charge on any atom is -0.489 e. The normalized spacial score (nSPS) is 10.2. The average Bonchev–Trinajstić information content (AvgIpc) is 2.77. The second-order valence-electron chi connectivity index (χ2n) is 6.97. The summed E-state index contributed by atoms with van der Waals surface area (Å²) in [5, 5.41) is 5.97. The molecule has 0 bridgehead atoms. The van der Waals surface area contributed by atoms with E-state index in [0.29, 0.717) is 18.9 Å². The van der Waals surface area contributed by atoms with Crippen LogP contribution in [0.4, 0.5) is 11.4 Å². The lowest BCUT2D eigenvalue weighted by molar-refractivity contribution is -0.114. The van der Waals surface area contributed by atoms with Gasteiger partial charge in [-0.25, -0.2) is 0 Å². The summed E-state index contributed by atoms with van der Waals surface area (Å²) in [6.45, 7) is 6.85. The standard InChI is InChI=1S/C25H26N2O3/c1-19(2)17-29-24-10-6-9-22(15-24)26-16-25(28)27-21-11-13-23(14-12-21)30-18-20-7-4-3-5-8-20/h3-15,26H,1,16-18H2,2H3,(H,27,28). The highest BCUT2D eigenvalue weighted by Crippen LogP contribution is 2.19. The number of carbonyl (C=O) groups excluding carboxylic acids is 1. The van der Waals surface area contributed by atoms with Crippen molar-refractivity contribution in [3.63, 3.8) is 0 Å². The molecule has 3 aromatic rings. The monoisotopic (exact) mass is 402 g/mol. The van der Waals surface area contributed by atoms with Crippen molar-refractivity contribution in [3.8, 4) is 11.5 Å². The van der Waals surface area contributed by atoms with Crippen molar-refractivity contribution < 1.29 is 14.3 Å². The van der Waals surface area contributed by atoms with Gasteiger partial charge in [-0.05, 0) is 54.5 Å². The Kier molecular flexibility index (Phi) is 7.50. The first-order valence-corrected chi connectivity index (χ1v) is 9.76. The Morgan fingerprint density at radius 1 is 0.867 bits per heavy atom. The van der Waals surface area contributed by atoms with Crippen LogP contribution in [-0.2, 0) is 11.4 Å². The number of amides is 1. The maximum absolute atomic E-state index is 12.2. The molecule has 0 aromatic heterocycles. The van der Waals surface area contributed by atoms with Gasteiger partial charge in [0, 0.05) is 17.4 Å². The predicted octanol–water partition coefficient (Wildman–Crippen LogP) is 5.27. The van der Waals surface area contributed by atoms with Gasteiger partial charge >= 0.3 is 0 Å². The van der Waals surface area contributed by atoms with E-state index in [1.165, 1.54) is 0 Å². The van der Waals surface area contributed by atoms with Crippen LogP contribution in [0.25, 0.3) is 0 Å². The fraction of sp³-hybridized carbons (Fsp3) is 0.160. The Morgan fingerprint density at radius 3 is 2.37 bits per heavy atom. The summed E-state index contributed by atoms with van der Waals surface area (Å²) in [6.07, 6.45) is 0. The summed E-state index contributed by atoms with van der Waals surface area (Å²) in [5.74, 6) is 1.34. The zero-order valence-corrected chi connectivity index (χ0v) is 17.1. The van der Waals surface area contributed by atoms with Crippen molar-refractivity contribution in [2.24, 2.45) is 0 Å². The van der Waals surface area contributed by atoms with E-state index in [1.807, 2.05) is 85.8 Å². The molecule has 2 N–H and O–H groups in total. The third-order valence-corrected chi connectivity index (χ3v) is 4.16. The third kappa shape index (κ3) is 7.02. The van der Waals surface area contributed by atoms with Crippen molar-refractivity contribution in [1.82, 2.24) is 0 Å². The van der Waals surface area contributed by atoms with E-state index in [-0.39, 0.29) is 12.5 Å². The van der Waals surface area contributed by atoms with Gasteiger partial charge in [-0.3, -0.25) is 4.79 Å². The molecular weight excluding hydrogens is 376 g/mol. The maximum atomic E-state index is 12.2. The van der Waals surface area contributed by atoms with Crippen LogP contribution < -0.4 is 20.1 Å². The van der Waals surface area contributed by atoms with E-state index in [1.54, 1.807) is 0 Å². The molecule has 5 nitrogen and oxygen atoms in total. The van der Waals surface area contributed by atoms with Crippen LogP contribution in [-0.4, -0.2) is 19.1 Å². The van der Waals surface area contributed by atoms with Crippen LogP contribution in [0, 0.1) is 0 Å². The first-order chi connectivity index (χ1) is 14.6. The highest BCUT2D eigenvalue weighted by Gasteiger charge is 2.04. The molecule has 0 fully saturated rings. The summed E-state index contributed by atoms with van der Waals surface area (Å²) in [4.78, 5) is 12.2. The molecular formula is C25H26N2O3. The first-order valence-electron chi connectivity index (χ1n) is 9.76. The molecule has 1 amide bonds. The number of carbonyl (C=O) groups is 1. The SMILES string of the molecule is C=C(C)COc1cccc(NCC(=O)Nc2ccc(OCc3ccccc3)cc2)c1. The second-order valence-corrected chi connectivity index (χ2v) is 6.97. The van der Waals surface area contributed by atoms with E-state index in [0.717, 1.165) is 28.3 Å².